The SMILES string of the molecule is CC1C=CSc2ccccc21. The van der Waals surface area contributed by atoms with E-state index >= 15 is 0 Å². The predicted octanol–water partition coefficient (Wildman–Crippen LogP) is 3.41. The van der Waals surface area contributed by atoms with E-state index in [-0.39, 0.29) is 0 Å². The Bertz CT molecular complexity index is 289. The molecule has 1 atom stereocenters. The van der Waals surface area contributed by atoms with Crippen molar-refractivity contribution in [3.63, 3.8) is 0 Å². The number of thioether (sulfide) groups is 1. The average Bonchev–Trinajstić information content (AvgIpc) is 2.06. The van der Waals surface area contributed by atoms with Crippen LogP contribution in [0.15, 0.2) is 40.6 Å². The lowest BCUT2D eigenvalue weighted by atomic mass is 10.0. The second-order valence-electron chi connectivity index (χ2n) is 2.77. The van der Waals surface area contributed by atoms with Gasteiger partial charge in [0.15, 0.2) is 0 Å². The third-order valence-electron chi connectivity index (χ3n) is 1.97. The van der Waals surface area contributed by atoms with Crippen LogP contribution in [0.1, 0.15) is 18.4 Å². The molecule has 1 heteroatoms. The zero-order chi connectivity index (χ0) is 7.68. The minimum Gasteiger partial charge on any atom is -0.0981 e. The van der Waals surface area contributed by atoms with Crippen LogP contribution in [0.4, 0.5) is 0 Å². The van der Waals surface area contributed by atoms with Gasteiger partial charge in [0, 0.05) is 10.8 Å². The Morgan fingerprint density at radius 2 is 2.09 bits per heavy atom. The first-order valence-corrected chi connectivity index (χ1v) is 4.68. The topological polar surface area (TPSA) is 0 Å². The molecule has 0 spiro atoms. The highest BCUT2D eigenvalue weighted by Crippen LogP contribution is 2.34. The number of hydrogen-bond donors (Lipinski definition) is 0. The second-order valence-corrected chi connectivity index (χ2v) is 3.72. The summed E-state index contributed by atoms with van der Waals surface area (Å²) < 4.78 is 0. The van der Waals surface area contributed by atoms with E-state index < -0.39 is 0 Å². The molecule has 1 heterocycles. The van der Waals surface area contributed by atoms with E-state index in [9.17, 15) is 0 Å². The molecule has 1 aromatic rings. The van der Waals surface area contributed by atoms with Gasteiger partial charge in [0.1, 0.15) is 0 Å². The minimum atomic E-state index is 0.590. The van der Waals surface area contributed by atoms with Gasteiger partial charge in [-0.05, 0) is 17.0 Å². The first-order chi connectivity index (χ1) is 5.38. The molecule has 1 unspecified atom stereocenters. The van der Waals surface area contributed by atoms with Crippen LogP contribution < -0.4 is 0 Å². The second kappa shape index (κ2) is 2.74. The summed E-state index contributed by atoms with van der Waals surface area (Å²) in [5.74, 6) is 0.590. The van der Waals surface area contributed by atoms with Gasteiger partial charge < -0.3 is 0 Å². The van der Waals surface area contributed by atoms with Crippen LogP contribution in [-0.2, 0) is 0 Å². The zero-order valence-electron chi connectivity index (χ0n) is 6.45. The van der Waals surface area contributed by atoms with Crippen molar-refractivity contribution in [1.29, 1.82) is 0 Å². The zero-order valence-corrected chi connectivity index (χ0v) is 7.27. The molecule has 0 aromatic heterocycles. The molecule has 0 saturated heterocycles. The van der Waals surface area contributed by atoms with Crippen LogP contribution in [0.2, 0.25) is 0 Å². The van der Waals surface area contributed by atoms with Gasteiger partial charge in [-0.1, -0.05) is 43.0 Å². The van der Waals surface area contributed by atoms with E-state index in [1.54, 1.807) is 0 Å². The van der Waals surface area contributed by atoms with Crippen molar-refractivity contribution in [3.8, 4) is 0 Å². The molecule has 0 aliphatic carbocycles. The molecule has 0 radical (unpaired) electrons. The smallest absolute Gasteiger partial charge is 0.0154 e. The van der Waals surface area contributed by atoms with Gasteiger partial charge in [0.2, 0.25) is 0 Å². The Balaban J connectivity index is 2.50. The Labute approximate surface area is 71.3 Å². The number of hydrogen-bond acceptors (Lipinski definition) is 1. The van der Waals surface area contributed by atoms with Gasteiger partial charge >= 0.3 is 0 Å². The summed E-state index contributed by atoms with van der Waals surface area (Å²) in [6.45, 7) is 2.23. The Morgan fingerprint density at radius 3 is 2.91 bits per heavy atom. The number of rotatable bonds is 0. The van der Waals surface area contributed by atoms with Crippen molar-refractivity contribution in [2.45, 2.75) is 17.7 Å². The maximum absolute atomic E-state index is 2.24. The summed E-state index contributed by atoms with van der Waals surface area (Å²) in [6, 6.07) is 8.59. The standard InChI is InChI=1S/C10H10S/c1-8-6-7-11-10-5-3-2-4-9(8)10/h2-8H,1H3. The fourth-order valence-corrected chi connectivity index (χ4v) is 2.31. The highest BCUT2D eigenvalue weighted by Gasteiger charge is 2.10. The summed E-state index contributed by atoms with van der Waals surface area (Å²) in [7, 11) is 0. The van der Waals surface area contributed by atoms with Crippen molar-refractivity contribution in [2.75, 3.05) is 0 Å². The van der Waals surface area contributed by atoms with Crippen LogP contribution in [0.5, 0.6) is 0 Å². The maximum Gasteiger partial charge on any atom is 0.0154 e. The van der Waals surface area contributed by atoms with E-state index in [4.69, 9.17) is 0 Å². The Morgan fingerprint density at radius 1 is 1.27 bits per heavy atom. The fourth-order valence-electron chi connectivity index (χ4n) is 1.30. The molecule has 56 valence electrons. The first kappa shape index (κ1) is 6.99. The summed E-state index contributed by atoms with van der Waals surface area (Å²) in [4.78, 5) is 1.41. The van der Waals surface area contributed by atoms with Gasteiger partial charge in [-0.15, -0.1) is 0 Å². The number of fused-ring (bicyclic) bond motifs is 1. The van der Waals surface area contributed by atoms with Crippen LogP contribution in [-0.4, -0.2) is 0 Å². The lowest BCUT2D eigenvalue weighted by molar-refractivity contribution is 0.930. The molecular weight excluding hydrogens is 152 g/mol. The molecule has 1 aromatic carbocycles. The maximum atomic E-state index is 2.24. The molecular formula is C10H10S. The average molecular weight is 162 g/mol. The Kier molecular flexibility index (Phi) is 1.74. The van der Waals surface area contributed by atoms with Crippen molar-refractivity contribution in [1.82, 2.24) is 0 Å². The highest BCUT2D eigenvalue weighted by molar-refractivity contribution is 8.02. The molecule has 0 saturated carbocycles. The van der Waals surface area contributed by atoms with Gasteiger partial charge in [-0.2, -0.15) is 0 Å². The third-order valence-corrected chi connectivity index (χ3v) is 2.89. The largest absolute Gasteiger partial charge is 0.0981 e. The molecule has 0 N–H and O–H groups in total. The van der Waals surface area contributed by atoms with Crippen molar-refractivity contribution in [3.05, 3.63) is 41.3 Å². The molecule has 1 aliphatic rings. The quantitative estimate of drug-likeness (QED) is 0.563. The summed E-state index contributed by atoms with van der Waals surface area (Å²) >= 11 is 1.81. The summed E-state index contributed by atoms with van der Waals surface area (Å²) in [5.41, 5.74) is 1.46. The van der Waals surface area contributed by atoms with Gasteiger partial charge in [-0.25, -0.2) is 0 Å². The van der Waals surface area contributed by atoms with E-state index in [2.05, 4.69) is 42.7 Å². The molecule has 0 nitrogen and oxygen atoms in total. The molecule has 11 heavy (non-hydrogen) atoms. The van der Waals surface area contributed by atoms with E-state index in [0.29, 0.717) is 5.92 Å². The van der Waals surface area contributed by atoms with Crippen LogP contribution >= 0.6 is 11.8 Å². The summed E-state index contributed by atoms with van der Waals surface area (Å²) in [6.07, 6.45) is 2.24. The van der Waals surface area contributed by atoms with Crippen LogP contribution in [0, 0.1) is 0 Å². The van der Waals surface area contributed by atoms with Gasteiger partial charge in [-0.3, -0.25) is 0 Å². The molecule has 0 amide bonds. The normalized spacial score (nSPS) is 21.4. The lowest BCUT2D eigenvalue weighted by Crippen LogP contribution is -1.94. The van der Waals surface area contributed by atoms with Crippen molar-refractivity contribution in [2.24, 2.45) is 0 Å². The van der Waals surface area contributed by atoms with Crippen LogP contribution in [0.3, 0.4) is 0 Å². The van der Waals surface area contributed by atoms with E-state index in [1.165, 1.54) is 10.5 Å². The Hall–Kier alpha value is -0.690. The fraction of sp³-hybridized carbons (Fsp3) is 0.200. The van der Waals surface area contributed by atoms with Crippen LogP contribution in [0.25, 0.3) is 0 Å². The minimum absolute atomic E-state index is 0.590. The van der Waals surface area contributed by atoms with Crippen molar-refractivity contribution < 1.29 is 0 Å². The highest BCUT2D eigenvalue weighted by atomic mass is 32.2. The molecule has 2 rings (SSSR count). The molecule has 0 fully saturated rings. The first-order valence-electron chi connectivity index (χ1n) is 3.80. The number of allylic oxidation sites excluding steroid dienone is 1. The predicted molar refractivity (Wildman–Crippen MR) is 49.9 cm³/mol. The lowest BCUT2D eigenvalue weighted by Gasteiger charge is -2.15. The van der Waals surface area contributed by atoms with E-state index in [1.807, 2.05) is 11.8 Å². The summed E-state index contributed by atoms with van der Waals surface area (Å²) in [5, 5.41) is 2.17. The van der Waals surface area contributed by atoms with E-state index in [0.717, 1.165) is 0 Å². The number of benzene rings is 1. The molecule has 0 bridgehead atoms. The van der Waals surface area contributed by atoms with Gasteiger partial charge in [0.05, 0.1) is 0 Å². The molecule has 1 aliphatic heterocycles. The van der Waals surface area contributed by atoms with Crippen molar-refractivity contribution >= 4 is 11.8 Å². The van der Waals surface area contributed by atoms with Gasteiger partial charge in [0.25, 0.3) is 0 Å². The third kappa shape index (κ3) is 1.21. The monoisotopic (exact) mass is 162 g/mol.